The molecule has 9 heteroatoms. The molecule has 0 atom stereocenters. The van der Waals surface area contributed by atoms with Crippen molar-refractivity contribution in [3.05, 3.63) is 69.1 Å². The molecule has 2 N–H and O–H groups in total. The van der Waals surface area contributed by atoms with E-state index in [1.165, 1.54) is 11.3 Å². The van der Waals surface area contributed by atoms with Crippen LogP contribution in [0.3, 0.4) is 0 Å². The Morgan fingerprint density at radius 2 is 1.97 bits per heavy atom. The van der Waals surface area contributed by atoms with Crippen LogP contribution in [0.4, 0.5) is 11.4 Å². The number of amides is 2. The Kier molecular flexibility index (Phi) is 5.04. The number of nitrogens with one attached hydrogen (secondary N) is 2. The van der Waals surface area contributed by atoms with Gasteiger partial charge in [-0.15, -0.1) is 11.3 Å². The lowest BCUT2D eigenvalue weighted by molar-refractivity contribution is 0.101. The van der Waals surface area contributed by atoms with Gasteiger partial charge in [-0.25, -0.2) is 4.98 Å². The Balaban J connectivity index is 1.56. The summed E-state index contributed by atoms with van der Waals surface area (Å²) in [5.74, 6) is -0.614. The fourth-order valence-corrected chi connectivity index (χ4v) is 3.72. The number of rotatable bonds is 4. The Labute approximate surface area is 175 Å². The van der Waals surface area contributed by atoms with Gasteiger partial charge in [0.15, 0.2) is 5.65 Å². The minimum Gasteiger partial charge on any atom is -0.321 e. The molecule has 3 aromatic heterocycles. The van der Waals surface area contributed by atoms with E-state index in [-0.39, 0.29) is 11.8 Å². The number of benzene rings is 1. The zero-order valence-corrected chi connectivity index (χ0v) is 17.1. The van der Waals surface area contributed by atoms with Crippen molar-refractivity contribution in [2.24, 2.45) is 7.05 Å². The lowest BCUT2D eigenvalue weighted by Gasteiger charge is -2.10. The molecule has 3 heterocycles. The second-order valence-electron chi connectivity index (χ2n) is 6.38. The first kappa shape index (κ1) is 19.1. The third kappa shape index (κ3) is 3.85. The molecule has 0 fully saturated rings. The standard InChI is InChI=1S/C20H16ClN5O2S/c1-11-14-9-13(10-22-18(14)26(2)25-11)23-19(27)12-5-6-15(21)16(8-12)24-20(28)17-4-3-7-29-17/h3-10H,1-2H3,(H,23,27)(H,24,28). The molecular formula is C20H16ClN5O2S. The minimum absolute atomic E-state index is 0.277. The molecule has 0 bridgehead atoms. The van der Waals surface area contributed by atoms with E-state index in [1.54, 1.807) is 41.2 Å². The fourth-order valence-electron chi connectivity index (χ4n) is 2.93. The first-order chi connectivity index (χ1) is 13.9. The average molecular weight is 426 g/mol. The van der Waals surface area contributed by atoms with Crippen molar-refractivity contribution in [2.45, 2.75) is 6.92 Å². The highest BCUT2D eigenvalue weighted by Gasteiger charge is 2.14. The summed E-state index contributed by atoms with van der Waals surface area (Å²) < 4.78 is 1.69. The van der Waals surface area contributed by atoms with Crippen LogP contribution < -0.4 is 10.6 Å². The average Bonchev–Trinajstić information content (AvgIpc) is 3.32. The van der Waals surface area contributed by atoms with Crippen LogP contribution in [-0.2, 0) is 7.05 Å². The third-order valence-electron chi connectivity index (χ3n) is 4.34. The first-order valence-electron chi connectivity index (χ1n) is 8.67. The van der Waals surface area contributed by atoms with E-state index in [1.807, 2.05) is 25.4 Å². The predicted octanol–water partition coefficient (Wildman–Crippen LogP) is 4.50. The van der Waals surface area contributed by atoms with E-state index in [4.69, 9.17) is 11.6 Å². The molecule has 4 rings (SSSR count). The lowest BCUT2D eigenvalue weighted by atomic mass is 10.1. The van der Waals surface area contributed by atoms with E-state index in [2.05, 4.69) is 20.7 Å². The van der Waals surface area contributed by atoms with Crippen molar-refractivity contribution in [3.8, 4) is 0 Å². The Morgan fingerprint density at radius 1 is 1.14 bits per heavy atom. The maximum atomic E-state index is 12.7. The monoisotopic (exact) mass is 425 g/mol. The number of carbonyl (C=O) groups excluding carboxylic acids is 2. The molecule has 0 radical (unpaired) electrons. The number of anilines is 2. The second-order valence-corrected chi connectivity index (χ2v) is 7.74. The van der Waals surface area contributed by atoms with Gasteiger partial charge in [-0.2, -0.15) is 5.10 Å². The molecule has 29 heavy (non-hydrogen) atoms. The molecule has 0 aliphatic rings. The van der Waals surface area contributed by atoms with Gasteiger partial charge in [0.25, 0.3) is 11.8 Å². The van der Waals surface area contributed by atoms with E-state index >= 15 is 0 Å². The van der Waals surface area contributed by atoms with Gasteiger partial charge < -0.3 is 10.6 Å². The van der Waals surface area contributed by atoms with E-state index in [9.17, 15) is 9.59 Å². The topological polar surface area (TPSA) is 88.9 Å². The van der Waals surface area contributed by atoms with Crippen LogP contribution in [-0.4, -0.2) is 26.6 Å². The number of pyridine rings is 1. The van der Waals surface area contributed by atoms with Crippen LogP contribution in [0.2, 0.25) is 5.02 Å². The highest BCUT2D eigenvalue weighted by molar-refractivity contribution is 7.12. The second kappa shape index (κ2) is 7.65. The van der Waals surface area contributed by atoms with Crippen LogP contribution in [0.25, 0.3) is 11.0 Å². The number of hydrogen-bond acceptors (Lipinski definition) is 5. The number of aromatic nitrogens is 3. The zero-order chi connectivity index (χ0) is 20.5. The largest absolute Gasteiger partial charge is 0.321 e. The molecule has 1 aromatic carbocycles. The van der Waals surface area contributed by atoms with Gasteiger partial charge in [0.1, 0.15) is 0 Å². The normalized spacial score (nSPS) is 10.9. The van der Waals surface area contributed by atoms with Crippen LogP contribution in [0.15, 0.2) is 48.0 Å². The summed E-state index contributed by atoms with van der Waals surface area (Å²) in [6.07, 6.45) is 1.58. The summed E-state index contributed by atoms with van der Waals surface area (Å²) >= 11 is 7.51. The number of thiophene rings is 1. The molecule has 0 saturated carbocycles. The molecule has 0 unspecified atom stereocenters. The SMILES string of the molecule is Cc1nn(C)c2ncc(NC(=O)c3ccc(Cl)c(NC(=O)c4cccs4)c3)cc12. The van der Waals surface area contributed by atoms with Crippen molar-refractivity contribution >= 4 is 57.2 Å². The van der Waals surface area contributed by atoms with Gasteiger partial charge in [0.2, 0.25) is 0 Å². The third-order valence-corrected chi connectivity index (χ3v) is 5.54. The fraction of sp³-hybridized carbons (Fsp3) is 0.100. The summed E-state index contributed by atoms with van der Waals surface area (Å²) in [5.41, 5.74) is 2.85. The van der Waals surface area contributed by atoms with E-state index < -0.39 is 0 Å². The molecule has 7 nitrogen and oxygen atoms in total. The molecule has 2 amide bonds. The quantitative estimate of drug-likeness (QED) is 0.504. The molecular weight excluding hydrogens is 410 g/mol. The first-order valence-corrected chi connectivity index (χ1v) is 9.93. The van der Waals surface area contributed by atoms with Gasteiger partial charge in [0.05, 0.1) is 33.2 Å². The summed E-state index contributed by atoms with van der Waals surface area (Å²) in [6, 6.07) is 10.1. The summed E-state index contributed by atoms with van der Waals surface area (Å²) in [4.78, 5) is 29.9. The maximum absolute atomic E-state index is 12.7. The van der Waals surface area contributed by atoms with Crippen molar-refractivity contribution in [1.82, 2.24) is 14.8 Å². The number of carbonyl (C=O) groups is 2. The molecule has 0 saturated heterocycles. The lowest BCUT2D eigenvalue weighted by Crippen LogP contribution is -2.14. The van der Waals surface area contributed by atoms with Gasteiger partial charge >= 0.3 is 0 Å². The number of aryl methyl sites for hydroxylation is 2. The van der Waals surface area contributed by atoms with Crippen molar-refractivity contribution in [3.63, 3.8) is 0 Å². The summed E-state index contributed by atoms with van der Waals surface area (Å²) in [5, 5.41) is 12.9. The molecule has 146 valence electrons. The Bertz CT molecular complexity index is 1230. The Morgan fingerprint density at radius 3 is 2.72 bits per heavy atom. The van der Waals surface area contributed by atoms with Gasteiger partial charge in [-0.3, -0.25) is 14.3 Å². The van der Waals surface area contributed by atoms with Gasteiger partial charge in [-0.05, 0) is 42.6 Å². The number of halogens is 1. The summed E-state index contributed by atoms with van der Waals surface area (Å²) in [7, 11) is 1.82. The molecule has 4 aromatic rings. The highest BCUT2D eigenvalue weighted by Crippen LogP contribution is 2.25. The predicted molar refractivity (Wildman–Crippen MR) is 115 cm³/mol. The molecule has 0 aliphatic heterocycles. The van der Waals surface area contributed by atoms with E-state index in [0.29, 0.717) is 26.8 Å². The van der Waals surface area contributed by atoms with Crippen LogP contribution in [0.1, 0.15) is 25.7 Å². The van der Waals surface area contributed by atoms with Crippen molar-refractivity contribution in [1.29, 1.82) is 0 Å². The molecule has 0 spiro atoms. The van der Waals surface area contributed by atoms with E-state index in [0.717, 1.165) is 16.7 Å². The summed E-state index contributed by atoms with van der Waals surface area (Å²) in [6.45, 7) is 1.89. The van der Waals surface area contributed by atoms with Crippen LogP contribution >= 0.6 is 22.9 Å². The van der Waals surface area contributed by atoms with Crippen molar-refractivity contribution in [2.75, 3.05) is 10.6 Å². The van der Waals surface area contributed by atoms with Crippen LogP contribution in [0, 0.1) is 6.92 Å². The smallest absolute Gasteiger partial charge is 0.265 e. The maximum Gasteiger partial charge on any atom is 0.265 e. The minimum atomic E-state index is -0.337. The Hall–Kier alpha value is -3.23. The molecule has 0 aliphatic carbocycles. The van der Waals surface area contributed by atoms with Gasteiger partial charge in [0, 0.05) is 18.0 Å². The van der Waals surface area contributed by atoms with Gasteiger partial charge in [-0.1, -0.05) is 17.7 Å². The number of nitrogens with zero attached hydrogens (tertiary/aromatic N) is 3. The van der Waals surface area contributed by atoms with Crippen LogP contribution in [0.5, 0.6) is 0 Å². The highest BCUT2D eigenvalue weighted by atomic mass is 35.5. The number of hydrogen-bond donors (Lipinski definition) is 2. The number of fused-ring (bicyclic) bond motifs is 1. The van der Waals surface area contributed by atoms with Crippen molar-refractivity contribution < 1.29 is 9.59 Å². The zero-order valence-electron chi connectivity index (χ0n) is 15.6.